The van der Waals surface area contributed by atoms with Crippen LogP contribution in [0.3, 0.4) is 0 Å². The molecule has 7 heteroatoms. The standard InChI is InChI=1S/C38H45FN2O4/c1-25(27-14-10-8-11-15-27)40-34(43)33(36(2,3)4)41-35(44)38(24-32(42)45-37(5,6)7)23-29(38)20-18-26-19-21-30(31(39)22-26)28-16-12-9-13-17-28/h8-22,25,29,33H,23-24H2,1-7H3,(H,40,43)(H,41,44)/b20-18+/t25-,29-,33-,38?/m1/s1. The minimum absolute atomic E-state index is 0.134. The highest BCUT2D eigenvalue weighted by molar-refractivity contribution is 5.95. The summed E-state index contributed by atoms with van der Waals surface area (Å²) in [5.41, 5.74) is 0.480. The molecule has 0 bridgehead atoms. The largest absolute Gasteiger partial charge is 0.460 e. The van der Waals surface area contributed by atoms with Crippen molar-refractivity contribution in [3.8, 4) is 11.1 Å². The molecule has 1 fully saturated rings. The number of benzene rings is 3. The van der Waals surface area contributed by atoms with E-state index >= 15 is 4.39 Å². The molecule has 1 unspecified atom stereocenters. The molecule has 2 N–H and O–H groups in total. The lowest BCUT2D eigenvalue weighted by Crippen LogP contribution is -2.55. The number of halogens is 1. The number of allylic oxidation sites excluding steroid dienone is 1. The van der Waals surface area contributed by atoms with Gasteiger partial charge in [0.2, 0.25) is 11.8 Å². The van der Waals surface area contributed by atoms with Gasteiger partial charge in [-0.3, -0.25) is 14.4 Å². The van der Waals surface area contributed by atoms with Crippen LogP contribution in [0.1, 0.15) is 78.5 Å². The minimum atomic E-state index is -1.09. The van der Waals surface area contributed by atoms with Gasteiger partial charge in [0.25, 0.3) is 0 Å². The summed E-state index contributed by atoms with van der Waals surface area (Å²) in [6, 6.07) is 22.9. The van der Waals surface area contributed by atoms with Crippen molar-refractivity contribution in [1.29, 1.82) is 0 Å². The van der Waals surface area contributed by atoms with Crippen LogP contribution < -0.4 is 10.6 Å². The summed E-state index contributed by atoms with van der Waals surface area (Å²) in [5.74, 6) is -1.81. The Kier molecular flexibility index (Phi) is 10.0. The molecule has 238 valence electrons. The second kappa shape index (κ2) is 13.4. The van der Waals surface area contributed by atoms with Crippen LogP contribution in [0.25, 0.3) is 17.2 Å². The van der Waals surface area contributed by atoms with Gasteiger partial charge in [0, 0.05) is 5.56 Å². The third-order valence-electron chi connectivity index (χ3n) is 8.13. The number of ether oxygens (including phenoxy) is 1. The highest BCUT2D eigenvalue weighted by Gasteiger charge is 2.60. The SMILES string of the molecule is C[C@@H](NC(=O)[C@@H](NC(=O)C1(CC(=O)OC(C)(C)C)C[C@H]1/C=C/c1ccc(-c2ccccc2)c(F)c1)C(C)(C)C)c1ccccc1. The van der Waals surface area contributed by atoms with E-state index in [1.165, 1.54) is 6.07 Å². The maximum atomic E-state index is 15.0. The first-order chi connectivity index (χ1) is 21.1. The maximum Gasteiger partial charge on any atom is 0.307 e. The van der Waals surface area contributed by atoms with E-state index in [0.717, 1.165) is 11.1 Å². The van der Waals surface area contributed by atoms with Crippen molar-refractivity contribution in [2.24, 2.45) is 16.7 Å². The number of hydrogen-bond donors (Lipinski definition) is 2. The number of hydrogen-bond acceptors (Lipinski definition) is 4. The van der Waals surface area contributed by atoms with Crippen molar-refractivity contribution in [1.82, 2.24) is 10.6 Å². The van der Waals surface area contributed by atoms with E-state index in [1.54, 1.807) is 32.9 Å². The Morgan fingerprint density at radius 1 is 0.933 bits per heavy atom. The zero-order valence-corrected chi connectivity index (χ0v) is 27.3. The molecule has 4 atom stereocenters. The van der Waals surface area contributed by atoms with Gasteiger partial charge >= 0.3 is 5.97 Å². The molecule has 1 aliphatic rings. The molecule has 1 aliphatic carbocycles. The van der Waals surface area contributed by atoms with Gasteiger partial charge in [-0.05, 0) is 68.2 Å². The van der Waals surface area contributed by atoms with Gasteiger partial charge in [0.1, 0.15) is 17.5 Å². The monoisotopic (exact) mass is 612 g/mol. The van der Waals surface area contributed by atoms with Crippen molar-refractivity contribution >= 4 is 23.9 Å². The normalized spacial score (nSPS) is 19.4. The average Bonchev–Trinajstić information content (AvgIpc) is 3.67. The van der Waals surface area contributed by atoms with Crippen LogP contribution in [-0.4, -0.2) is 29.4 Å². The molecular weight excluding hydrogens is 567 g/mol. The van der Waals surface area contributed by atoms with Gasteiger partial charge < -0.3 is 15.4 Å². The third kappa shape index (κ3) is 8.68. The summed E-state index contributed by atoms with van der Waals surface area (Å²) in [6.07, 6.45) is 3.90. The molecule has 1 saturated carbocycles. The van der Waals surface area contributed by atoms with E-state index in [9.17, 15) is 14.4 Å². The lowest BCUT2D eigenvalue weighted by molar-refractivity contribution is -0.158. The number of amides is 2. The summed E-state index contributed by atoms with van der Waals surface area (Å²) in [4.78, 5) is 40.6. The van der Waals surface area contributed by atoms with Crippen LogP contribution in [0.2, 0.25) is 0 Å². The van der Waals surface area contributed by atoms with Gasteiger partial charge in [0.05, 0.1) is 17.9 Å². The average molecular weight is 613 g/mol. The molecule has 3 aromatic rings. The first-order valence-corrected chi connectivity index (χ1v) is 15.5. The zero-order chi connectivity index (χ0) is 33.0. The Bertz CT molecular complexity index is 1540. The minimum Gasteiger partial charge on any atom is -0.460 e. The molecule has 6 nitrogen and oxygen atoms in total. The Labute approximate surface area is 266 Å². The van der Waals surface area contributed by atoms with Crippen molar-refractivity contribution in [2.45, 2.75) is 79.0 Å². The van der Waals surface area contributed by atoms with Crippen LogP contribution in [0.4, 0.5) is 4.39 Å². The number of nitrogens with one attached hydrogen (secondary N) is 2. The quantitative estimate of drug-likeness (QED) is 0.230. The molecule has 0 spiro atoms. The zero-order valence-electron chi connectivity index (χ0n) is 27.3. The Balaban J connectivity index is 1.55. The Morgan fingerprint density at radius 2 is 1.56 bits per heavy atom. The Hall–Kier alpha value is -4.26. The van der Waals surface area contributed by atoms with Crippen LogP contribution in [-0.2, 0) is 19.1 Å². The van der Waals surface area contributed by atoms with Crippen molar-refractivity contribution < 1.29 is 23.5 Å². The van der Waals surface area contributed by atoms with E-state index in [2.05, 4.69) is 10.6 Å². The summed E-state index contributed by atoms with van der Waals surface area (Å²) >= 11 is 0. The van der Waals surface area contributed by atoms with Crippen LogP contribution >= 0.6 is 0 Å². The number of esters is 1. The summed E-state index contributed by atoms with van der Waals surface area (Å²) < 4.78 is 20.6. The second-order valence-electron chi connectivity index (χ2n) is 14.1. The summed E-state index contributed by atoms with van der Waals surface area (Å²) in [5, 5.41) is 6.03. The molecule has 4 rings (SSSR count). The fourth-order valence-corrected chi connectivity index (χ4v) is 5.55. The predicted octanol–water partition coefficient (Wildman–Crippen LogP) is 7.65. The van der Waals surface area contributed by atoms with Gasteiger partial charge in [-0.15, -0.1) is 0 Å². The van der Waals surface area contributed by atoms with Crippen LogP contribution in [0, 0.1) is 22.6 Å². The number of rotatable bonds is 10. The lowest BCUT2D eigenvalue weighted by atomic mass is 9.84. The van der Waals surface area contributed by atoms with Gasteiger partial charge in [-0.25, -0.2) is 4.39 Å². The predicted molar refractivity (Wildman–Crippen MR) is 176 cm³/mol. The number of carbonyl (C=O) groups is 3. The molecule has 2 amide bonds. The van der Waals surface area contributed by atoms with Crippen molar-refractivity contribution in [3.05, 3.63) is 102 Å². The van der Waals surface area contributed by atoms with E-state index in [1.807, 2.05) is 101 Å². The highest BCUT2D eigenvalue weighted by atomic mass is 19.1. The van der Waals surface area contributed by atoms with E-state index < -0.39 is 28.4 Å². The van der Waals surface area contributed by atoms with Gasteiger partial charge in [0.15, 0.2) is 0 Å². The maximum absolute atomic E-state index is 15.0. The van der Waals surface area contributed by atoms with Gasteiger partial charge in [-0.2, -0.15) is 0 Å². The first kappa shape index (κ1) is 33.6. The molecule has 0 aliphatic heterocycles. The second-order valence-corrected chi connectivity index (χ2v) is 14.1. The number of carbonyl (C=O) groups excluding carboxylic acids is 3. The molecule has 0 radical (unpaired) electrons. The third-order valence-corrected chi connectivity index (χ3v) is 8.13. The summed E-state index contributed by atoms with van der Waals surface area (Å²) in [6.45, 7) is 12.9. The molecule has 0 aromatic heterocycles. The molecule has 45 heavy (non-hydrogen) atoms. The van der Waals surface area contributed by atoms with E-state index in [4.69, 9.17) is 4.74 Å². The highest BCUT2D eigenvalue weighted by Crippen LogP contribution is 2.57. The lowest BCUT2D eigenvalue weighted by Gasteiger charge is -2.33. The fraction of sp³-hybridized carbons (Fsp3) is 0.395. The smallest absolute Gasteiger partial charge is 0.307 e. The topological polar surface area (TPSA) is 84.5 Å². The van der Waals surface area contributed by atoms with Crippen molar-refractivity contribution in [3.63, 3.8) is 0 Å². The van der Waals surface area contributed by atoms with E-state index in [0.29, 0.717) is 17.5 Å². The Morgan fingerprint density at radius 3 is 2.13 bits per heavy atom. The van der Waals surface area contributed by atoms with Crippen LogP contribution in [0.15, 0.2) is 84.9 Å². The van der Waals surface area contributed by atoms with Gasteiger partial charge in [-0.1, -0.05) is 106 Å². The first-order valence-electron chi connectivity index (χ1n) is 15.5. The fourth-order valence-electron chi connectivity index (χ4n) is 5.55. The van der Waals surface area contributed by atoms with E-state index in [-0.39, 0.29) is 36.0 Å². The summed E-state index contributed by atoms with van der Waals surface area (Å²) in [7, 11) is 0. The molecule has 3 aromatic carbocycles. The molecule has 0 saturated heterocycles. The van der Waals surface area contributed by atoms with Crippen LogP contribution in [0.5, 0.6) is 0 Å². The molecular formula is C38H45FN2O4. The molecule has 0 heterocycles. The van der Waals surface area contributed by atoms with Crippen molar-refractivity contribution in [2.75, 3.05) is 0 Å².